The van der Waals surface area contributed by atoms with E-state index in [9.17, 15) is 4.79 Å². The Labute approximate surface area is 188 Å². The Balaban J connectivity index is 1.47. The number of hydrogen-bond acceptors (Lipinski definition) is 7. The second-order valence-corrected chi connectivity index (χ2v) is 7.73. The second kappa shape index (κ2) is 10.3. The molecule has 3 aromatic rings. The van der Waals surface area contributed by atoms with Gasteiger partial charge in [0.05, 0.1) is 12.2 Å². The maximum absolute atomic E-state index is 13.0. The van der Waals surface area contributed by atoms with Gasteiger partial charge in [0.2, 0.25) is 0 Å². The van der Waals surface area contributed by atoms with Gasteiger partial charge < -0.3 is 19.1 Å². The molecule has 0 aliphatic carbocycles. The largest absolute Gasteiger partial charge is 0.494 e. The van der Waals surface area contributed by atoms with E-state index in [1.807, 2.05) is 48.2 Å². The van der Waals surface area contributed by atoms with Gasteiger partial charge in [-0.25, -0.2) is 4.98 Å². The highest BCUT2D eigenvalue weighted by atomic mass is 16.5. The zero-order valence-corrected chi connectivity index (χ0v) is 18.7. The molecule has 1 amide bonds. The van der Waals surface area contributed by atoms with Gasteiger partial charge in [0.25, 0.3) is 11.8 Å². The van der Waals surface area contributed by atoms with Crippen LogP contribution in [0, 0.1) is 0 Å². The first-order chi connectivity index (χ1) is 15.7. The molecule has 8 heteroatoms. The highest BCUT2D eigenvalue weighted by Gasteiger charge is 2.24. The van der Waals surface area contributed by atoms with Crippen molar-refractivity contribution in [3.8, 4) is 17.2 Å². The minimum absolute atomic E-state index is 0.0391. The molecule has 0 spiro atoms. The van der Waals surface area contributed by atoms with Crippen LogP contribution in [0.4, 0.5) is 5.82 Å². The lowest BCUT2D eigenvalue weighted by molar-refractivity contribution is 0.0767. The molecule has 2 aromatic heterocycles. The van der Waals surface area contributed by atoms with E-state index in [0.717, 1.165) is 42.9 Å². The topological polar surface area (TPSA) is 84.6 Å². The van der Waals surface area contributed by atoms with Crippen molar-refractivity contribution in [1.29, 1.82) is 0 Å². The zero-order chi connectivity index (χ0) is 22.3. The third-order valence-electron chi connectivity index (χ3n) is 5.45. The number of nitrogens with zero attached hydrogens (tertiary/aromatic N) is 5. The van der Waals surface area contributed by atoms with Gasteiger partial charge in [-0.1, -0.05) is 12.1 Å². The summed E-state index contributed by atoms with van der Waals surface area (Å²) in [5, 5.41) is 4.08. The highest BCUT2D eigenvalue weighted by Crippen LogP contribution is 2.28. The fraction of sp³-hybridized carbons (Fsp3) is 0.417. The Kier molecular flexibility index (Phi) is 6.99. The first kappa shape index (κ1) is 21.8. The van der Waals surface area contributed by atoms with Crippen molar-refractivity contribution in [2.24, 2.45) is 0 Å². The Morgan fingerprint density at radius 3 is 2.72 bits per heavy atom. The summed E-state index contributed by atoms with van der Waals surface area (Å²) < 4.78 is 11.0. The summed E-state index contributed by atoms with van der Waals surface area (Å²) in [6.07, 6.45) is 4.37. The summed E-state index contributed by atoms with van der Waals surface area (Å²) in [5.74, 6) is 2.83. The van der Waals surface area contributed by atoms with Crippen molar-refractivity contribution >= 4 is 11.7 Å². The van der Waals surface area contributed by atoms with Crippen LogP contribution in [-0.4, -0.2) is 58.7 Å². The minimum atomic E-state index is 0.0391. The molecule has 0 unspecified atom stereocenters. The maximum Gasteiger partial charge on any atom is 0.261 e. The SMILES string of the molecule is CCCc1noc(-c2cccnc2N2CCCN(C(=O)c3ccc(OCC)cc3)CC2)n1. The van der Waals surface area contributed by atoms with Gasteiger partial charge >= 0.3 is 0 Å². The van der Waals surface area contributed by atoms with Crippen LogP contribution in [0.5, 0.6) is 5.75 Å². The number of amides is 1. The zero-order valence-electron chi connectivity index (χ0n) is 18.7. The van der Waals surface area contributed by atoms with Crippen LogP contribution in [0.2, 0.25) is 0 Å². The summed E-state index contributed by atoms with van der Waals surface area (Å²) in [4.78, 5) is 26.3. The van der Waals surface area contributed by atoms with E-state index >= 15 is 0 Å². The van der Waals surface area contributed by atoms with Crippen LogP contribution in [0.3, 0.4) is 0 Å². The van der Waals surface area contributed by atoms with E-state index in [1.54, 1.807) is 6.20 Å². The molecule has 1 aliphatic heterocycles. The Bertz CT molecular complexity index is 1030. The predicted molar refractivity (Wildman–Crippen MR) is 122 cm³/mol. The van der Waals surface area contributed by atoms with E-state index in [-0.39, 0.29) is 5.91 Å². The quantitative estimate of drug-likeness (QED) is 0.557. The van der Waals surface area contributed by atoms with Crippen molar-refractivity contribution in [1.82, 2.24) is 20.0 Å². The predicted octanol–water partition coefficient (Wildman–Crippen LogP) is 3.84. The summed E-state index contributed by atoms with van der Waals surface area (Å²) in [6, 6.07) is 11.2. The number of pyridine rings is 1. The molecule has 1 fully saturated rings. The van der Waals surface area contributed by atoms with Gasteiger partial charge in [0, 0.05) is 44.4 Å². The van der Waals surface area contributed by atoms with Crippen LogP contribution in [0.15, 0.2) is 47.1 Å². The average Bonchev–Trinajstić information content (AvgIpc) is 3.15. The van der Waals surface area contributed by atoms with Gasteiger partial charge in [0.1, 0.15) is 11.6 Å². The Hall–Kier alpha value is -3.42. The number of aryl methyl sites for hydroxylation is 1. The van der Waals surface area contributed by atoms with E-state index in [1.165, 1.54) is 0 Å². The number of hydrogen-bond donors (Lipinski definition) is 0. The molecule has 0 bridgehead atoms. The smallest absolute Gasteiger partial charge is 0.261 e. The molecular formula is C24H29N5O3. The average molecular weight is 436 g/mol. The van der Waals surface area contributed by atoms with E-state index < -0.39 is 0 Å². The number of carbonyl (C=O) groups excluding carboxylic acids is 1. The lowest BCUT2D eigenvalue weighted by Crippen LogP contribution is -2.35. The van der Waals surface area contributed by atoms with Crippen LogP contribution >= 0.6 is 0 Å². The maximum atomic E-state index is 13.0. The molecule has 8 nitrogen and oxygen atoms in total. The molecule has 1 saturated heterocycles. The standard InChI is InChI=1S/C24H29N5O3/c1-3-7-21-26-23(32-27-21)20-8-5-13-25-22(20)28-14-6-15-29(17-16-28)24(30)18-9-11-19(12-10-18)31-4-2/h5,8-13H,3-4,6-7,14-17H2,1-2H3. The van der Waals surface area contributed by atoms with Crippen LogP contribution in [0.1, 0.15) is 42.9 Å². The third-order valence-corrected chi connectivity index (χ3v) is 5.45. The number of ether oxygens (including phenoxy) is 1. The van der Waals surface area contributed by atoms with Gasteiger partial charge in [0.15, 0.2) is 5.82 Å². The minimum Gasteiger partial charge on any atom is -0.494 e. The van der Waals surface area contributed by atoms with Crippen molar-refractivity contribution in [2.75, 3.05) is 37.7 Å². The molecule has 0 saturated carbocycles. The van der Waals surface area contributed by atoms with Crippen molar-refractivity contribution < 1.29 is 14.1 Å². The molecule has 1 aromatic carbocycles. The monoisotopic (exact) mass is 435 g/mol. The third kappa shape index (κ3) is 4.90. The summed E-state index contributed by atoms with van der Waals surface area (Å²) in [6.45, 7) is 7.43. The summed E-state index contributed by atoms with van der Waals surface area (Å²) in [7, 11) is 0. The van der Waals surface area contributed by atoms with Crippen molar-refractivity contribution in [3.63, 3.8) is 0 Å². The lowest BCUT2D eigenvalue weighted by atomic mass is 10.2. The number of carbonyl (C=O) groups is 1. The number of rotatable bonds is 7. The normalized spacial score (nSPS) is 14.3. The lowest BCUT2D eigenvalue weighted by Gasteiger charge is -2.24. The first-order valence-corrected chi connectivity index (χ1v) is 11.2. The fourth-order valence-electron chi connectivity index (χ4n) is 3.88. The van der Waals surface area contributed by atoms with Crippen molar-refractivity contribution in [3.05, 3.63) is 54.0 Å². The fourth-order valence-corrected chi connectivity index (χ4v) is 3.88. The van der Waals surface area contributed by atoms with Gasteiger partial charge in [-0.3, -0.25) is 4.79 Å². The number of anilines is 1. The molecule has 3 heterocycles. The van der Waals surface area contributed by atoms with Crippen molar-refractivity contribution in [2.45, 2.75) is 33.1 Å². The first-order valence-electron chi connectivity index (χ1n) is 11.2. The van der Waals surface area contributed by atoms with Crippen LogP contribution in [0.25, 0.3) is 11.5 Å². The molecule has 0 N–H and O–H groups in total. The van der Waals surface area contributed by atoms with E-state index in [4.69, 9.17) is 9.26 Å². The van der Waals surface area contributed by atoms with Gasteiger partial charge in [-0.05, 0) is 56.2 Å². The number of benzene rings is 1. The molecule has 1 aliphatic rings. The van der Waals surface area contributed by atoms with Crippen LogP contribution in [-0.2, 0) is 6.42 Å². The van der Waals surface area contributed by atoms with E-state index in [0.29, 0.717) is 43.5 Å². The molecule has 0 radical (unpaired) electrons. The number of aromatic nitrogens is 3. The second-order valence-electron chi connectivity index (χ2n) is 7.73. The summed E-state index contributed by atoms with van der Waals surface area (Å²) >= 11 is 0. The molecule has 168 valence electrons. The molecule has 4 rings (SSSR count). The molecular weight excluding hydrogens is 406 g/mol. The Morgan fingerprint density at radius 2 is 1.94 bits per heavy atom. The van der Waals surface area contributed by atoms with E-state index in [2.05, 4.69) is 26.9 Å². The van der Waals surface area contributed by atoms with Gasteiger partial charge in [-0.2, -0.15) is 4.98 Å². The van der Waals surface area contributed by atoms with Crippen LogP contribution < -0.4 is 9.64 Å². The molecule has 32 heavy (non-hydrogen) atoms. The summed E-state index contributed by atoms with van der Waals surface area (Å²) in [5.41, 5.74) is 1.50. The Morgan fingerprint density at radius 1 is 1.09 bits per heavy atom. The highest BCUT2D eigenvalue weighted by molar-refractivity contribution is 5.94. The molecule has 0 atom stereocenters. The van der Waals surface area contributed by atoms with Gasteiger partial charge in [-0.15, -0.1) is 0 Å².